The average Bonchev–Trinajstić information content (AvgIpc) is 3.23. The number of benzene rings is 2. The summed E-state index contributed by atoms with van der Waals surface area (Å²) in [6.45, 7) is 4.30. The summed E-state index contributed by atoms with van der Waals surface area (Å²) >= 11 is 7.12. The maximum absolute atomic E-state index is 12.5. The average molecular weight is 462 g/mol. The monoisotopic (exact) mass is 460 g/mol. The van der Waals surface area contributed by atoms with Crippen molar-refractivity contribution in [1.29, 1.82) is 0 Å². The van der Waals surface area contributed by atoms with E-state index in [-0.39, 0.29) is 5.91 Å². The molecular weight excluding hydrogens is 444 g/mol. The van der Waals surface area contributed by atoms with Crippen molar-refractivity contribution < 1.29 is 4.79 Å². The molecule has 0 aromatic heterocycles. The zero-order valence-corrected chi connectivity index (χ0v) is 17.1. The SMILES string of the molecule is Cc1c(Br)cc(Br)c2c1C(=Cc1ccc(N3CCCC3)cc1)C(=O)N2. The van der Waals surface area contributed by atoms with Gasteiger partial charge in [-0.1, -0.05) is 28.1 Å². The Morgan fingerprint density at radius 3 is 2.44 bits per heavy atom. The lowest BCUT2D eigenvalue weighted by Crippen LogP contribution is -2.17. The van der Waals surface area contributed by atoms with Crippen molar-refractivity contribution in [3.05, 3.63) is 56.0 Å². The summed E-state index contributed by atoms with van der Waals surface area (Å²) in [5.74, 6) is -0.0551. The number of nitrogens with zero attached hydrogens (tertiary/aromatic N) is 1. The van der Waals surface area contributed by atoms with Crippen LogP contribution in [0.4, 0.5) is 11.4 Å². The summed E-state index contributed by atoms with van der Waals surface area (Å²) in [6, 6.07) is 10.5. The Morgan fingerprint density at radius 2 is 1.76 bits per heavy atom. The number of nitrogens with one attached hydrogen (secondary N) is 1. The minimum atomic E-state index is -0.0551. The van der Waals surface area contributed by atoms with E-state index in [2.05, 4.69) is 66.3 Å². The Labute approximate surface area is 164 Å². The van der Waals surface area contributed by atoms with E-state index in [9.17, 15) is 4.79 Å². The highest BCUT2D eigenvalue weighted by Crippen LogP contribution is 2.43. The normalized spacial score (nSPS) is 18.0. The zero-order valence-electron chi connectivity index (χ0n) is 13.9. The van der Waals surface area contributed by atoms with E-state index >= 15 is 0 Å². The first-order valence-corrected chi connectivity index (χ1v) is 10.0. The predicted molar refractivity (Wildman–Crippen MR) is 111 cm³/mol. The van der Waals surface area contributed by atoms with Crippen molar-refractivity contribution in [2.24, 2.45) is 0 Å². The molecule has 0 unspecified atom stereocenters. The van der Waals surface area contributed by atoms with E-state index < -0.39 is 0 Å². The van der Waals surface area contributed by atoms with E-state index in [1.54, 1.807) is 0 Å². The highest BCUT2D eigenvalue weighted by Gasteiger charge is 2.29. The number of fused-ring (bicyclic) bond motifs is 1. The van der Waals surface area contributed by atoms with Gasteiger partial charge < -0.3 is 10.2 Å². The van der Waals surface area contributed by atoms with Crippen LogP contribution in [0.5, 0.6) is 0 Å². The van der Waals surface area contributed by atoms with Crippen molar-refractivity contribution in [2.75, 3.05) is 23.3 Å². The highest BCUT2D eigenvalue weighted by atomic mass is 79.9. The van der Waals surface area contributed by atoms with E-state index in [1.165, 1.54) is 18.5 Å². The molecule has 128 valence electrons. The first-order chi connectivity index (χ1) is 12.0. The number of anilines is 2. The lowest BCUT2D eigenvalue weighted by atomic mass is 9.99. The molecule has 1 fully saturated rings. The lowest BCUT2D eigenvalue weighted by Gasteiger charge is -2.17. The van der Waals surface area contributed by atoms with Gasteiger partial charge >= 0.3 is 0 Å². The van der Waals surface area contributed by atoms with Gasteiger partial charge in [-0.15, -0.1) is 0 Å². The minimum absolute atomic E-state index is 0.0551. The first-order valence-electron chi connectivity index (χ1n) is 8.41. The summed E-state index contributed by atoms with van der Waals surface area (Å²) in [4.78, 5) is 14.9. The Kier molecular flexibility index (Phi) is 4.46. The van der Waals surface area contributed by atoms with E-state index in [0.29, 0.717) is 5.57 Å². The van der Waals surface area contributed by atoms with Gasteiger partial charge in [-0.05, 0) is 71.1 Å². The summed E-state index contributed by atoms with van der Waals surface area (Å²) in [5.41, 5.74) is 5.90. The lowest BCUT2D eigenvalue weighted by molar-refractivity contribution is -0.110. The minimum Gasteiger partial charge on any atom is -0.372 e. The van der Waals surface area contributed by atoms with Gasteiger partial charge in [0.2, 0.25) is 0 Å². The van der Waals surface area contributed by atoms with Gasteiger partial charge in [0.1, 0.15) is 0 Å². The quantitative estimate of drug-likeness (QED) is 0.589. The molecule has 0 radical (unpaired) electrons. The fraction of sp³-hybridized carbons (Fsp3) is 0.250. The van der Waals surface area contributed by atoms with Gasteiger partial charge in [0, 0.05) is 38.9 Å². The van der Waals surface area contributed by atoms with Crippen molar-refractivity contribution in [3.8, 4) is 0 Å². The molecule has 2 aliphatic rings. The molecule has 0 saturated carbocycles. The third-order valence-electron chi connectivity index (χ3n) is 4.90. The third kappa shape index (κ3) is 3.04. The molecule has 0 atom stereocenters. The Morgan fingerprint density at radius 1 is 1.08 bits per heavy atom. The van der Waals surface area contributed by atoms with E-state index in [0.717, 1.165) is 44.4 Å². The predicted octanol–water partition coefficient (Wildman–Crippen LogP) is 5.61. The number of halogens is 2. The van der Waals surface area contributed by atoms with Crippen molar-refractivity contribution in [3.63, 3.8) is 0 Å². The molecule has 2 aromatic carbocycles. The fourth-order valence-corrected chi connectivity index (χ4v) is 4.79. The second kappa shape index (κ2) is 6.61. The van der Waals surface area contributed by atoms with Crippen LogP contribution in [0, 0.1) is 6.92 Å². The molecule has 1 saturated heterocycles. The summed E-state index contributed by atoms with van der Waals surface area (Å²) in [7, 11) is 0. The van der Waals surface area contributed by atoms with Crippen LogP contribution < -0.4 is 10.2 Å². The molecule has 0 spiro atoms. The van der Waals surface area contributed by atoms with Crippen molar-refractivity contribution in [1.82, 2.24) is 0 Å². The van der Waals surface area contributed by atoms with Gasteiger partial charge in [0.25, 0.3) is 5.91 Å². The molecule has 0 bridgehead atoms. The Bertz CT molecular complexity index is 882. The summed E-state index contributed by atoms with van der Waals surface area (Å²) in [5, 5.41) is 2.98. The van der Waals surface area contributed by atoms with Gasteiger partial charge in [-0.25, -0.2) is 0 Å². The number of carbonyl (C=O) groups is 1. The number of hydrogen-bond acceptors (Lipinski definition) is 2. The number of hydrogen-bond donors (Lipinski definition) is 1. The highest BCUT2D eigenvalue weighted by molar-refractivity contribution is 9.11. The van der Waals surface area contributed by atoms with Crippen molar-refractivity contribution in [2.45, 2.75) is 19.8 Å². The maximum atomic E-state index is 12.5. The topological polar surface area (TPSA) is 32.3 Å². The number of carbonyl (C=O) groups excluding carboxylic acids is 1. The van der Waals surface area contributed by atoms with Crippen LogP contribution in [0.15, 0.2) is 39.3 Å². The molecule has 1 amide bonds. The van der Waals surface area contributed by atoms with Gasteiger partial charge in [-0.3, -0.25) is 4.79 Å². The summed E-state index contributed by atoms with van der Waals surface area (Å²) < 4.78 is 1.88. The smallest absolute Gasteiger partial charge is 0.256 e. The van der Waals surface area contributed by atoms with E-state index in [1.807, 2.05) is 19.1 Å². The molecule has 25 heavy (non-hydrogen) atoms. The van der Waals surface area contributed by atoms with Crippen LogP contribution in [0.3, 0.4) is 0 Å². The van der Waals surface area contributed by atoms with Gasteiger partial charge in [0.05, 0.1) is 5.69 Å². The van der Waals surface area contributed by atoms with Crippen molar-refractivity contribution >= 4 is 60.8 Å². The first kappa shape index (κ1) is 16.9. The molecule has 0 aliphatic carbocycles. The fourth-order valence-electron chi connectivity index (χ4n) is 3.53. The molecule has 3 nitrogen and oxygen atoms in total. The van der Waals surface area contributed by atoms with Crippen LogP contribution in [0.25, 0.3) is 11.6 Å². The molecule has 1 N–H and O–H groups in total. The van der Waals surface area contributed by atoms with Crippen LogP contribution >= 0.6 is 31.9 Å². The number of rotatable bonds is 2. The Hall–Kier alpha value is -1.59. The third-order valence-corrected chi connectivity index (χ3v) is 6.35. The van der Waals surface area contributed by atoms with E-state index in [4.69, 9.17) is 0 Å². The van der Waals surface area contributed by atoms with Gasteiger partial charge in [-0.2, -0.15) is 0 Å². The zero-order chi connectivity index (χ0) is 17.6. The molecule has 5 heteroatoms. The largest absolute Gasteiger partial charge is 0.372 e. The molecule has 2 heterocycles. The Balaban J connectivity index is 1.72. The molecule has 2 aliphatic heterocycles. The second-order valence-electron chi connectivity index (χ2n) is 6.51. The van der Waals surface area contributed by atoms with Crippen LogP contribution in [-0.4, -0.2) is 19.0 Å². The molecule has 2 aromatic rings. The van der Waals surface area contributed by atoms with Crippen LogP contribution in [0.2, 0.25) is 0 Å². The molecular formula is C20H18Br2N2O. The van der Waals surface area contributed by atoms with Crippen LogP contribution in [0.1, 0.15) is 29.5 Å². The molecule has 4 rings (SSSR count). The second-order valence-corrected chi connectivity index (χ2v) is 8.22. The van der Waals surface area contributed by atoms with Gasteiger partial charge in [0.15, 0.2) is 0 Å². The summed E-state index contributed by atoms with van der Waals surface area (Å²) in [6.07, 6.45) is 4.51. The van der Waals surface area contributed by atoms with Crippen LogP contribution in [-0.2, 0) is 4.79 Å². The maximum Gasteiger partial charge on any atom is 0.256 e. The number of amides is 1. The standard InChI is InChI=1S/C20H18Br2N2O/c1-12-16(21)11-17(22)19-18(12)15(20(25)23-19)10-13-4-6-14(7-5-13)24-8-2-3-9-24/h4-7,10-11H,2-3,8-9H2,1H3,(H,23,25).